The third-order valence-corrected chi connectivity index (χ3v) is 7.48. The molecule has 0 saturated heterocycles. The van der Waals surface area contributed by atoms with E-state index in [2.05, 4.69) is 20.8 Å². The largest absolute Gasteiger partial charge is 0.392 e. The maximum absolute atomic E-state index is 12.8. The van der Waals surface area contributed by atoms with Gasteiger partial charge in [0.05, 0.1) is 12.5 Å². The Morgan fingerprint density at radius 2 is 1.88 bits per heavy atom. The minimum atomic E-state index is -4.18. The number of fused-ring (bicyclic) bond motifs is 3. The maximum atomic E-state index is 12.8. The molecule has 0 radical (unpaired) electrons. The molecule has 0 aromatic heterocycles. The van der Waals surface area contributed by atoms with Crippen molar-refractivity contribution in [3.05, 3.63) is 11.6 Å². The van der Waals surface area contributed by atoms with Gasteiger partial charge in [-0.25, -0.2) is 0 Å². The topological polar surface area (TPSA) is 20.2 Å². The number of allylic oxidation sites excluding steroid dienone is 1. The molecular weight excluding hydrogens is 313 g/mol. The Hall–Kier alpha value is -0.510. The summed E-state index contributed by atoms with van der Waals surface area (Å²) < 4.78 is 38.4. The van der Waals surface area contributed by atoms with Gasteiger partial charge in [-0.2, -0.15) is 13.2 Å². The molecule has 3 rings (SSSR count). The molecule has 0 amide bonds. The average molecular weight is 344 g/mol. The highest BCUT2D eigenvalue weighted by Crippen LogP contribution is 2.63. The molecule has 5 atom stereocenters. The molecule has 0 aromatic carbocycles. The van der Waals surface area contributed by atoms with Gasteiger partial charge in [-0.15, -0.1) is 0 Å². The Morgan fingerprint density at radius 1 is 1.17 bits per heavy atom. The van der Waals surface area contributed by atoms with Crippen LogP contribution in [0.4, 0.5) is 13.2 Å². The molecule has 138 valence electrons. The summed E-state index contributed by atoms with van der Waals surface area (Å²) in [4.78, 5) is 0. The maximum Gasteiger partial charge on any atom is 0.392 e. The molecule has 2 fully saturated rings. The normalized spacial score (nSPS) is 42.5. The minimum Gasteiger partial charge on any atom is -0.392 e. The average Bonchev–Trinajstić information content (AvgIpc) is 2.56. The predicted molar refractivity (Wildman–Crippen MR) is 89.4 cm³/mol. The number of hydrogen-bond donors (Lipinski definition) is 1. The van der Waals surface area contributed by atoms with Crippen molar-refractivity contribution in [2.24, 2.45) is 28.6 Å². The van der Waals surface area contributed by atoms with Crippen molar-refractivity contribution in [1.82, 2.24) is 0 Å². The van der Waals surface area contributed by atoms with Gasteiger partial charge in [0, 0.05) is 0 Å². The molecule has 0 spiro atoms. The Bertz CT molecular complexity index is 508. The van der Waals surface area contributed by atoms with Crippen molar-refractivity contribution in [2.75, 3.05) is 0 Å². The first-order chi connectivity index (χ1) is 11.0. The number of hydrogen-bond acceptors (Lipinski definition) is 1. The van der Waals surface area contributed by atoms with Crippen LogP contribution in [0, 0.1) is 28.6 Å². The monoisotopic (exact) mass is 344 g/mol. The van der Waals surface area contributed by atoms with Crippen molar-refractivity contribution in [3.8, 4) is 0 Å². The third-order valence-electron chi connectivity index (χ3n) is 7.48. The zero-order chi connectivity index (χ0) is 17.8. The van der Waals surface area contributed by atoms with Gasteiger partial charge in [0.15, 0.2) is 0 Å². The van der Waals surface area contributed by atoms with Crippen molar-refractivity contribution in [3.63, 3.8) is 0 Å². The van der Waals surface area contributed by atoms with Crippen LogP contribution in [0.5, 0.6) is 0 Å². The first-order valence-electron chi connectivity index (χ1n) is 9.46. The van der Waals surface area contributed by atoms with E-state index in [4.69, 9.17) is 0 Å². The van der Waals surface area contributed by atoms with Crippen LogP contribution >= 0.6 is 0 Å². The van der Waals surface area contributed by atoms with Gasteiger partial charge < -0.3 is 5.11 Å². The number of aliphatic hydroxyl groups is 1. The van der Waals surface area contributed by atoms with E-state index in [1.54, 1.807) is 0 Å². The summed E-state index contributed by atoms with van der Waals surface area (Å²) in [7, 11) is 0. The lowest BCUT2D eigenvalue weighted by Gasteiger charge is -2.59. The highest BCUT2D eigenvalue weighted by atomic mass is 19.4. The van der Waals surface area contributed by atoms with Crippen LogP contribution in [0.15, 0.2) is 11.6 Å². The van der Waals surface area contributed by atoms with Crippen molar-refractivity contribution >= 4 is 0 Å². The zero-order valence-electron chi connectivity index (χ0n) is 15.1. The van der Waals surface area contributed by atoms with E-state index in [0.29, 0.717) is 29.2 Å². The molecule has 1 N–H and O–H groups in total. The Labute approximate surface area is 143 Å². The second-order valence-electron chi connectivity index (χ2n) is 9.41. The van der Waals surface area contributed by atoms with Crippen LogP contribution in [0.1, 0.15) is 72.1 Å². The van der Waals surface area contributed by atoms with Gasteiger partial charge >= 0.3 is 6.18 Å². The number of alkyl halides is 3. The molecular formula is C20H31F3O. The molecule has 3 aliphatic carbocycles. The van der Waals surface area contributed by atoms with Gasteiger partial charge in [-0.3, -0.25) is 0 Å². The second-order valence-corrected chi connectivity index (χ2v) is 9.41. The van der Waals surface area contributed by atoms with Crippen LogP contribution in [-0.2, 0) is 0 Å². The smallest absolute Gasteiger partial charge is 0.392 e. The summed E-state index contributed by atoms with van der Waals surface area (Å²) in [5, 5.41) is 10.7. The summed E-state index contributed by atoms with van der Waals surface area (Å²) in [6, 6.07) is 0. The molecule has 4 heteroatoms. The van der Waals surface area contributed by atoms with E-state index >= 15 is 0 Å². The van der Waals surface area contributed by atoms with Crippen LogP contribution in [0.2, 0.25) is 0 Å². The summed E-state index contributed by atoms with van der Waals surface area (Å²) in [5.41, 5.74) is 0.837. The fraction of sp³-hybridized carbons (Fsp3) is 0.900. The molecule has 0 aromatic rings. The Morgan fingerprint density at radius 3 is 2.54 bits per heavy atom. The molecule has 3 aliphatic rings. The summed E-state index contributed by atoms with van der Waals surface area (Å²) in [6.07, 6.45) is 2.71. The lowest BCUT2D eigenvalue weighted by atomic mass is 9.45. The Balaban J connectivity index is 1.88. The van der Waals surface area contributed by atoms with E-state index in [1.165, 1.54) is 12.8 Å². The van der Waals surface area contributed by atoms with Gasteiger partial charge in [-0.1, -0.05) is 38.8 Å². The first-order valence-corrected chi connectivity index (χ1v) is 9.46. The zero-order valence-corrected chi connectivity index (χ0v) is 15.1. The highest BCUT2D eigenvalue weighted by Gasteiger charge is 2.55. The van der Waals surface area contributed by atoms with Crippen molar-refractivity contribution in [2.45, 2.75) is 84.4 Å². The highest BCUT2D eigenvalue weighted by molar-refractivity contribution is 5.14. The number of rotatable bonds is 1. The lowest BCUT2D eigenvalue weighted by molar-refractivity contribution is -0.129. The number of halogens is 3. The van der Waals surface area contributed by atoms with Gasteiger partial charge in [-0.05, 0) is 67.1 Å². The van der Waals surface area contributed by atoms with E-state index in [0.717, 1.165) is 19.3 Å². The predicted octanol–water partition coefficient (Wildman–Crippen LogP) is 5.88. The van der Waals surface area contributed by atoms with Crippen LogP contribution in [-0.4, -0.2) is 17.4 Å². The first kappa shape index (κ1) is 18.3. The van der Waals surface area contributed by atoms with Crippen molar-refractivity contribution in [1.29, 1.82) is 0 Å². The van der Waals surface area contributed by atoms with E-state index in [1.807, 2.05) is 6.08 Å². The molecule has 1 nitrogen and oxygen atoms in total. The summed E-state index contributed by atoms with van der Waals surface area (Å²) >= 11 is 0. The van der Waals surface area contributed by atoms with Gasteiger partial charge in [0.25, 0.3) is 0 Å². The lowest BCUT2D eigenvalue weighted by Crippen LogP contribution is -2.53. The van der Waals surface area contributed by atoms with Crippen LogP contribution < -0.4 is 0 Å². The Kier molecular flexibility index (Phi) is 4.60. The second kappa shape index (κ2) is 6.03. The van der Waals surface area contributed by atoms with E-state index in [-0.39, 0.29) is 17.8 Å². The van der Waals surface area contributed by atoms with E-state index in [9.17, 15) is 18.3 Å². The van der Waals surface area contributed by atoms with Gasteiger partial charge in [0.2, 0.25) is 0 Å². The fourth-order valence-corrected chi connectivity index (χ4v) is 6.48. The molecule has 24 heavy (non-hydrogen) atoms. The van der Waals surface area contributed by atoms with E-state index < -0.39 is 18.7 Å². The van der Waals surface area contributed by atoms with Gasteiger partial charge in [0.1, 0.15) is 0 Å². The fourth-order valence-electron chi connectivity index (χ4n) is 6.48. The quantitative estimate of drug-likeness (QED) is 0.589. The van der Waals surface area contributed by atoms with Crippen LogP contribution in [0.3, 0.4) is 0 Å². The summed E-state index contributed by atoms with van der Waals surface area (Å²) in [5.74, 6) is 1.09. The third kappa shape index (κ3) is 3.27. The molecule has 0 heterocycles. The SMILES string of the molecule is CC1(C)CCCC2(C)C3CC=C(CC(F)(F)F)CC(O)C3CCC12. The molecule has 5 unspecified atom stereocenters. The van der Waals surface area contributed by atoms with Crippen LogP contribution in [0.25, 0.3) is 0 Å². The summed E-state index contributed by atoms with van der Waals surface area (Å²) in [6.45, 7) is 7.06. The molecule has 0 bridgehead atoms. The minimum absolute atomic E-state index is 0.149. The van der Waals surface area contributed by atoms with Crippen molar-refractivity contribution < 1.29 is 18.3 Å². The standard InChI is InChI=1S/C20H31F3O/c1-18(2)9-4-10-19(3)15-7-5-13(12-20(21,22)23)11-16(24)14(15)6-8-17(18)19/h5,14-17,24H,4,6-12H2,1-3H3. The molecule has 2 saturated carbocycles. The number of aliphatic hydroxyl groups excluding tert-OH is 1. The molecule has 0 aliphatic heterocycles.